The van der Waals surface area contributed by atoms with Crippen LogP contribution in [0.3, 0.4) is 0 Å². The third-order valence-electron chi connectivity index (χ3n) is 3.69. The van der Waals surface area contributed by atoms with Gasteiger partial charge in [-0.05, 0) is 32.0 Å². The smallest absolute Gasteiger partial charge is 0.349 e. The fourth-order valence-corrected chi connectivity index (χ4v) is 2.69. The Kier molecular flexibility index (Phi) is 4.34. The van der Waals surface area contributed by atoms with Crippen LogP contribution in [0.5, 0.6) is 23.0 Å². The molecule has 0 radical (unpaired) electrons. The van der Waals surface area contributed by atoms with E-state index in [0.29, 0.717) is 23.0 Å². The van der Waals surface area contributed by atoms with Crippen molar-refractivity contribution in [2.45, 2.75) is 25.9 Å². The molecule has 0 atom stereocenters. The summed E-state index contributed by atoms with van der Waals surface area (Å²) in [5.74, 6) is 1.61. The van der Waals surface area contributed by atoms with Gasteiger partial charge in [-0.1, -0.05) is 24.3 Å². The number of methoxy groups -OCH3 is 1. The van der Waals surface area contributed by atoms with Crippen LogP contribution in [0.4, 0.5) is 0 Å². The molecule has 0 bridgehead atoms. The summed E-state index contributed by atoms with van der Waals surface area (Å²) in [5.41, 5.74) is 0.815. The van der Waals surface area contributed by atoms with Crippen molar-refractivity contribution in [3.8, 4) is 23.0 Å². The Labute approximate surface area is 141 Å². The molecular formula is C19H20O5. The molecule has 0 aromatic heterocycles. The van der Waals surface area contributed by atoms with Crippen molar-refractivity contribution in [2.75, 3.05) is 13.7 Å². The zero-order chi connectivity index (χ0) is 17.2. The first-order chi connectivity index (χ1) is 11.5. The van der Waals surface area contributed by atoms with Crippen LogP contribution in [0.25, 0.3) is 0 Å². The van der Waals surface area contributed by atoms with Gasteiger partial charge in [0.2, 0.25) is 0 Å². The Morgan fingerprint density at radius 3 is 2.54 bits per heavy atom. The monoisotopic (exact) mass is 328 g/mol. The summed E-state index contributed by atoms with van der Waals surface area (Å²) in [7, 11) is 1.52. The quantitative estimate of drug-likeness (QED) is 0.622. The van der Waals surface area contributed by atoms with Gasteiger partial charge in [-0.25, -0.2) is 4.79 Å². The molecule has 0 saturated heterocycles. The van der Waals surface area contributed by atoms with E-state index in [1.165, 1.54) is 7.11 Å². The largest absolute Gasteiger partial charge is 0.493 e. The van der Waals surface area contributed by atoms with Crippen LogP contribution in [0.15, 0.2) is 42.5 Å². The molecule has 2 aromatic rings. The second kappa shape index (κ2) is 6.43. The fourth-order valence-electron chi connectivity index (χ4n) is 2.69. The van der Waals surface area contributed by atoms with Crippen molar-refractivity contribution in [1.29, 1.82) is 0 Å². The lowest BCUT2D eigenvalue weighted by Crippen LogP contribution is -2.25. The minimum atomic E-state index is -0.505. The first-order valence-corrected chi connectivity index (χ1v) is 7.76. The van der Waals surface area contributed by atoms with Gasteiger partial charge >= 0.3 is 5.97 Å². The predicted octanol–water partition coefficient (Wildman–Crippen LogP) is 3.39. The van der Waals surface area contributed by atoms with Gasteiger partial charge in [0.25, 0.3) is 0 Å². The van der Waals surface area contributed by atoms with Gasteiger partial charge in [-0.2, -0.15) is 0 Å². The number of hydrogen-bond acceptors (Lipinski definition) is 5. The molecule has 0 N–H and O–H groups in total. The molecule has 0 fully saturated rings. The molecule has 24 heavy (non-hydrogen) atoms. The van der Waals surface area contributed by atoms with Crippen LogP contribution in [0.2, 0.25) is 0 Å². The summed E-state index contributed by atoms with van der Waals surface area (Å²) >= 11 is 0. The molecule has 3 rings (SSSR count). The number of carbonyl (C=O) groups excluding carboxylic acids is 1. The number of rotatable bonds is 5. The van der Waals surface area contributed by atoms with Gasteiger partial charge in [-0.3, -0.25) is 0 Å². The Bertz CT molecular complexity index is 751. The maximum Gasteiger partial charge on any atom is 0.349 e. The lowest BCUT2D eigenvalue weighted by molar-refractivity contribution is -0.136. The van der Waals surface area contributed by atoms with Crippen molar-refractivity contribution >= 4 is 5.97 Å². The van der Waals surface area contributed by atoms with E-state index < -0.39 is 5.97 Å². The topological polar surface area (TPSA) is 54.0 Å². The number of para-hydroxylation sites is 3. The van der Waals surface area contributed by atoms with Crippen molar-refractivity contribution < 1.29 is 23.7 Å². The Balaban J connectivity index is 1.65. The molecule has 0 spiro atoms. The highest BCUT2D eigenvalue weighted by Gasteiger charge is 2.32. The van der Waals surface area contributed by atoms with E-state index in [0.717, 1.165) is 12.0 Å². The lowest BCUT2D eigenvalue weighted by Gasteiger charge is -2.18. The first-order valence-electron chi connectivity index (χ1n) is 7.76. The van der Waals surface area contributed by atoms with Crippen molar-refractivity contribution in [1.82, 2.24) is 0 Å². The average Bonchev–Trinajstić information content (AvgIpc) is 2.87. The molecule has 2 aromatic carbocycles. The minimum absolute atomic E-state index is 0.210. The molecule has 0 aliphatic carbocycles. The van der Waals surface area contributed by atoms with E-state index in [1.807, 2.05) is 26.0 Å². The number of esters is 1. The molecule has 5 heteroatoms. The molecule has 5 nitrogen and oxygen atoms in total. The molecule has 0 amide bonds. The van der Waals surface area contributed by atoms with Gasteiger partial charge in [0, 0.05) is 12.0 Å². The summed E-state index contributed by atoms with van der Waals surface area (Å²) in [5, 5.41) is 0. The minimum Gasteiger partial charge on any atom is -0.493 e. The molecular weight excluding hydrogens is 308 g/mol. The number of benzene rings is 2. The molecule has 1 aliphatic heterocycles. The van der Waals surface area contributed by atoms with Gasteiger partial charge < -0.3 is 18.9 Å². The zero-order valence-corrected chi connectivity index (χ0v) is 14.0. The van der Waals surface area contributed by atoms with Crippen LogP contribution < -0.4 is 18.9 Å². The van der Waals surface area contributed by atoms with Crippen LogP contribution >= 0.6 is 0 Å². The number of hydrogen-bond donors (Lipinski definition) is 0. The predicted molar refractivity (Wildman–Crippen MR) is 89.0 cm³/mol. The number of ether oxygens (including phenoxy) is 4. The standard InChI is InChI=1S/C19H20O5/c1-19(2)11-13-7-6-10-16(18(13)24-19)22-12-17(20)23-15-9-5-4-8-14(15)21-3/h4-10H,11-12H2,1-3H3. The van der Waals surface area contributed by atoms with E-state index >= 15 is 0 Å². The van der Waals surface area contributed by atoms with E-state index in [4.69, 9.17) is 18.9 Å². The second-order valence-electron chi connectivity index (χ2n) is 6.20. The molecule has 1 heterocycles. The maximum atomic E-state index is 12.0. The first kappa shape index (κ1) is 16.2. The van der Waals surface area contributed by atoms with Gasteiger partial charge in [0.15, 0.2) is 29.6 Å². The Morgan fingerprint density at radius 1 is 1.08 bits per heavy atom. The Morgan fingerprint density at radius 2 is 1.79 bits per heavy atom. The molecule has 126 valence electrons. The van der Waals surface area contributed by atoms with Gasteiger partial charge in [0.1, 0.15) is 5.60 Å². The van der Waals surface area contributed by atoms with Crippen LogP contribution in [-0.4, -0.2) is 25.3 Å². The fraction of sp³-hybridized carbons (Fsp3) is 0.316. The summed E-state index contributed by atoms with van der Waals surface area (Å²) in [6.45, 7) is 3.83. The van der Waals surface area contributed by atoms with Crippen LogP contribution in [-0.2, 0) is 11.2 Å². The third-order valence-corrected chi connectivity index (χ3v) is 3.69. The number of carbonyl (C=O) groups is 1. The van der Waals surface area contributed by atoms with E-state index in [2.05, 4.69) is 0 Å². The van der Waals surface area contributed by atoms with Gasteiger partial charge in [0.05, 0.1) is 7.11 Å². The Hall–Kier alpha value is -2.69. The average molecular weight is 328 g/mol. The normalized spacial score (nSPS) is 14.5. The van der Waals surface area contributed by atoms with Crippen molar-refractivity contribution in [2.24, 2.45) is 0 Å². The highest BCUT2D eigenvalue weighted by molar-refractivity contribution is 5.75. The van der Waals surface area contributed by atoms with Gasteiger partial charge in [-0.15, -0.1) is 0 Å². The summed E-state index contributed by atoms with van der Waals surface area (Å²) < 4.78 is 22.0. The summed E-state index contributed by atoms with van der Waals surface area (Å²) in [6, 6.07) is 12.7. The van der Waals surface area contributed by atoms with Crippen molar-refractivity contribution in [3.63, 3.8) is 0 Å². The third kappa shape index (κ3) is 3.45. The maximum absolute atomic E-state index is 12.0. The van der Waals surface area contributed by atoms with E-state index in [1.54, 1.807) is 30.3 Å². The highest BCUT2D eigenvalue weighted by Crippen LogP contribution is 2.41. The zero-order valence-electron chi connectivity index (χ0n) is 14.0. The molecule has 0 saturated carbocycles. The van der Waals surface area contributed by atoms with E-state index in [9.17, 15) is 4.79 Å². The highest BCUT2D eigenvalue weighted by atomic mass is 16.6. The number of fused-ring (bicyclic) bond motifs is 1. The summed E-state index contributed by atoms with van der Waals surface area (Å²) in [6.07, 6.45) is 0.811. The van der Waals surface area contributed by atoms with Crippen LogP contribution in [0.1, 0.15) is 19.4 Å². The second-order valence-corrected chi connectivity index (χ2v) is 6.20. The van der Waals surface area contributed by atoms with E-state index in [-0.39, 0.29) is 12.2 Å². The van der Waals surface area contributed by atoms with Crippen LogP contribution in [0, 0.1) is 0 Å². The van der Waals surface area contributed by atoms with Crippen molar-refractivity contribution in [3.05, 3.63) is 48.0 Å². The lowest BCUT2D eigenvalue weighted by atomic mass is 10.0. The summed E-state index contributed by atoms with van der Waals surface area (Å²) in [4.78, 5) is 12.0. The SMILES string of the molecule is COc1ccccc1OC(=O)COc1cccc2c1OC(C)(C)C2. The molecule has 0 unspecified atom stereocenters. The molecule has 1 aliphatic rings.